The van der Waals surface area contributed by atoms with E-state index < -0.39 is 35.3 Å². The lowest BCUT2D eigenvalue weighted by Gasteiger charge is -2.64. The predicted molar refractivity (Wildman–Crippen MR) is 119 cm³/mol. The number of rotatable bonds is 6. The van der Waals surface area contributed by atoms with Crippen molar-refractivity contribution >= 4 is 28.6 Å². The van der Waals surface area contributed by atoms with Crippen molar-refractivity contribution in [1.82, 2.24) is 4.72 Å². The molecule has 3 unspecified atom stereocenters. The summed E-state index contributed by atoms with van der Waals surface area (Å²) in [6, 6.07) is 4.77. The van der Waals surface area contributed by atoms with Crippen LogP contribution in [0.1, 0.15) is 66.4 Å². The maximum atomic E-state index is 12.8. The normalized spacial score (nSPS) is 27.4. The third-order valence-electron chi connectivity index (χ3n) is 7.32. The number of carbonyl (C=O) groups excluding carboxylic acids is 1. The summed E-state index contributed by atoms with van der Waals surface area (Å²) in [4.78, 5) is 11.7. The molecule has 0 saturated heterocycles. The van der Waals surface area contributed by atoms with Crippen LogP contribution in [0.4, 0.5) is 0 Å². The molecule has 1 aromatic carbocycles. The van der Waals surface area contributed by atoms with Gasteiger partial charge in [-0.15, -0.1) is 0 Å². The van der Waals surface area contributed by atoms with Gasteiger partial charge in [0.15, 0.2) is 0 Å². The Morgan fingerprint density at radius 3 is 2.42 bits per heavy atom. The summed E-state index contributed by atoms with van der Waals surface area (Å²) >= 11 is 0. The Morgan fingerprint density at radius 2 is 1.90 bits per heavy atom. The van der Waals surface area contributed by atoms with Gasteiger partial charge in [-0.1, -0.05) is 32.9 Å². The number of carbonyl (C=O) groups is 1. The molecule has 3 saturated carbocycles. The van der Waals surface area contributed by atoms with Gasteiger partial charge in [0, 0.05) is 5.46 Å². The van der Waals surface area contributed by atoms with Crippen molar-refractivity contribution in [3.05, 3.63) is 23.8 Å². The maximum Gasteiger partial charge on any atom is 0.489 e. The van der Waals surface area contributed by atoms with Gasteiger partial charge in [0.05, 0.1) is 4.90 Å². The minimum atomic E-state index is -4.15. The van der Waals surface area contributed by atoms with Gasteiger partial charge in [0.1, 0.15) is 12.1 Å². The molecule has 4 rings (SSSR count). The zero-order valence-corrected chi connectivity index (χ0v) is 20.0. The number of esters is 1. The summed E-state index contributed by atoms with van der Waals surface area (Å²) < 4.78 is 33.0. The summed E-state index contributed by atoms with van der Waals surface area (Å²) in [5, 5.41) is 19.9. The quantitative estimate of drug-likeness (QED) is 0.448. The topological polar surface area (TPSA) is 113 Å². The first-order chi connectivity index (χ1) is 14.1. The van der Waals surface area contributed by atoms with Crippen molar-refractivity contribution in [2.45, 2.75) is 76.7 Å². The minimum absolute atomic E-state index is 0.0883. The smallest absolute Gasteiger partial charge is 0.459 e. The summed E-state index contributed by atoms with van der Waals surface area (Å²) in [5.41, 5.74) is 0.145. The van der Waals surface area contributed by atoms with Gasteiger partial charge >= 0.3 is 13.1 Å². The van der Waals surface area contributed by atoms with Crippen molar-refractivity contribution in [2.75, 3.05) is 6.54 Å². The van der Waals surface area contributed by atoms with Crippen LogP contribution in [0.5, 0.6) is 0 Å². The van der Waals surface area contributed by atoms with Gasteiger partial charge in [-0.3, -0.25) is 4.79 Å². The molecule has 3 fully saturated rings. The Morgan fingerprint density at radius 1 is 1.26 bits per heavy atom. The number of sulfonamides is 1. The van der Waals surface area contributed by atoms with Gasteiger partial charge in [0.2, 0.25) is 10.0 Å². The fourth-order valence-corrected chi connectivity index (χ4v) is 6.73. The zero-order valence-electron chi connectivity index (χ0n) is 19.2. The molecule has 0 spiro atoms. The van der Waals surface area contributed by atoms with Crippen LogP contribution in [0.2, 0.25) is 0 Å². The molecule has 3 aliphatic carbocycles. The highest BCUT2D eigenvalue weighted by Crippen LogP contribution is 2.66. The van der Waals surface area contributed by atoms with Crippen molar-refractivity contribution in [1.29, 1.82) is 0 Å². The van der Waals surface area contributed by atoms with E-state index in [1.807, 2.05) is 0 Å². The average Bonchev–Trinajstić information content (AvgIpc) is 2.64. The summed E-state index contributed by atoms with van der Waals surface area (Å²) in [6.07, 6.45) is 3.22. The highest BCUT2D eigenvalue weighted by molar-refractivity contribution is 7.89. The van der Waals surface area contributed by atoms with Crippen LogP contribution in [0.3, 0.4) is 0 Å². The molecular weight excluding hydrogens is 417 g/mol. The fourth-order valence-electron chi connectivity index (χ4n) is 5.54. The fraction of sp³-hybridized carbons (Fsp3) is 0.682. The molecule has 2 bridgehead atoms. The van der Waals surface area contributed by atoms with Gasteiger partial charge in [0.25, 0.3) is 0 Å². The third-order valence-corrected chi connectivity index (χ3v) is 8.79. The lowest BCUT2D eigenvalue weighted by molar-refractivity contribution is -0.153. The Kier molecular flexibility index (Phi) is 6.15. The number of hydrogen-bond donors (Lipinski definition) is 3. The molecule has 0 aromatic heterocycles. The van der Waals surface area contributed by atoms with E-state index in [1.165, 1.54) is 6.07 Å². The van der Waals surface area contributed by atoms with Crippen molar-refractivity contribution < 1.29 is 28.0 Å². The lowest BCUT2D eigenvalue weighted by atomic mass is 9.40. The first-order valence-electron chi connectivity index (χ1n) is 10.8. The Labute approximate surface area is 185 Å². The molecule has 0 radical (unpaired) electrons. The van der Waals surface area contributed by atoms with E-state index in [9.17, 15) is 23.3 Å². The highest BCUT2D eigenvalue weighted by Gasteiger charge is 2.59. The van der Waals surface area contributed by atoms with Crippen LogP contribution < -0.4 is 10.2 Å². The number of ether oxygens (including phenoxy) is 1. The maximum absolute atomic E-state index is 12.8. The van der Waals surface area contributed by atoms with Gasteiger partial charge in [-0.25, -0.2) is 8.42 Å². The SMILES string of the molecule is CC(C)(C)OC(=O)CNS(=O)(=O)c1ccc(C2(C)CCC3CC2C3(C)C)cc1B(O)O. The molecule has 0 amide bonds. The van der Waals surface area contributed by atoms with Crippen molar-refractivity contribution in [3.63, 3.8) is 0 Å². The monoisotopic (exact) mass is 451 g/mol. The van der Waals surface area contributed by atoms with Crippen LogP contribution >= 0.6 is 0 Å². The second-order valence-corrected chi connectivity index (χ2v) is 12.5. The van der Waals surface area contributed by atoms with Crippen LogP contribution in [0.25, 0.3) is 0 Å². The van der Waals surface area contributed by atoms with Crippen LogP contribution in [-0.2, 0) is 25.0 Å². The molecule has 3 atom stereocenters. The molecule has 31 heavy (non-hydrogen) atoms. The zero-order chi connectivity index (χ0) is 23.4. The van der Waals surface area contributed by atoms with E-state index in [2.05, 4.69) is 25.5 Å². The lowest BCUT2D eigenvalue weighted by Crippen LogP contribution is -2.58. The molecule has 7 nitrogen and oxygen atoms in total. The highest BCUT2D eigenvalue weighted by atomic mass is 32.2. The van der Waals surface area contributed by atoms with E-state index in [-0.39, 0.29) is 21.2 Å². The molecule has 0 aliphatic heterocycles. The van der Waals surface area contributed by atoms with Crippen LogP contribution in [0.15, 0.2) is 23.1 Å². The van der Waals surface area contributed by atoms with Crippen molar-refractivity contribution in [2.24, 2.45) is 17.3 Å². The Hall–Kier alpha value is -1.42. The Balaban J connectivity index is 1.88. The predicted octanol–water partition coefficient (Wildman–Crippen LogP) is 1.70. The summed E-state index contributed by atoms with van der Waals surface area (Å²) in [7, 11) is -6.11. The summed E-state index contributed by atoms with van der Waals surface area (Å²) in [5.74, 6) is 0.454. The standard InChI is InChI=1S/C22H34BNO6S/c1-20(2,3)30-19(25)13-24-31(28,29)17-8-7-15(11-16(17)23(26)27)22(6)10-9-14-12-18(22)21(14,4)5/h7-8,11,14,18,24,26-27H,9-10,12-13H2,1-6H3. The summed E-state index contributed by atoms with van der Waals surface area (Å²) in [6.45, 7) is 11.3. The number of nitrogens with one attached hydrogen (secondary N) is 1. The van der Waals surface area contributed by atoms with Crippen LogP contribution in [0, 0.1) is 17.3 Å². The average molecular weight is 451 g/mol. The number of hydrogen-bond acceptors (Lipinski definition) is 6. The van der Waals surface area contributed by atoms with Crippen LogP contribution in [-0.4, -0.2) is 43.7 Å². The van der Waals surface area contributed by atoms with E-state index in [0.29, 0.717) is 11.8 Å². The van der Waals surface area contributed by atoms with E-state index in [4.69, 9.17) is 4.74 Å². The molecule has 3 aliphatic rings. The third kappa shape index (κ3) is 4.56. The first kappa shape index (κ1) is 24.2. The second-order valence-electron chi connectivity index (χ2n) is 10.8. The molecular formula is C22H34BNO6S. The largest absolute Gasteiger partial charge is 0.489 e. The van der Waals surface area contributed by atoms with Gasteiger partial charge < -0.3 is 14.8 Å². The first-order valence-corrected chi connectivity index (χ1v) is 12.3. The molecule has 9 heteroatoms. The van der Waals surface area contributed by atoms with Gasteiger partial charge in [-0.05, 0) is 74.3 Å². The molecule has 172 valence electrons. The second kappa shape index (κ2) is 7.87. The Bertz CT molecular complexity index is 967. The van der Waals surface area contributed by atoms with E-state index in [0.717, 1.165) is 24.8 Å². The number of benzene rings is 1. The molecule has 1 aromatic rings. The number of fused-ring (bicyclic) bond motifs is 2. The van der Waals surface area contributed by atoms with E-state index >= 15 is 0 Å². The van der Waals surface area contributed by atoms with E-state index in [1.54, 1.807) is 32.9 Å². The molecule has 0 heterocycles. The van der Waals surface area contributed by atoms with Crippen molar-refractivity contribution in [3.8, 4) is 0 Å². The van der Waals surface area contributed by atoms with Gasteiger partial charge in [-0.2, -0.15) is 4.72 Å². The minimum Gasteiger partial charge on any atom is -0.459 e. The molecule has 3 N–H and O–H groups in total.